The fourth-order valence-electron chi connectivity index (χ4n) is 2.42. The van der Waals surface area contributed by atoms with Crippen molar-refractivity contribution in [3.8, 4) is 0 Å². The minimum atomic E-state index is -0.271. The molecule has 1 aromatic rings. The number of aromatic nitrogens is 2. The smallest absolute Gasteiger partial charge is 0.277 e. The number of carbonyl (C=O) groups excluding carboxylic acids is 1. The maximum Gasteiger partial charge on any atom is 0.277 e. The van der Waals surface area contributed by atoms with Crippen molar-refractivity contribution in [2.45, 2.75) is 43.2 Å². The molecule has 1 aromatic heterocycles. The van der Waals surface area contributed by atoms with E-state index in [0.717, 1.165) is 6.54 Å². The van der Waals surface area contributed by atoms with E-state index in [4.69, 9.17) is 9.15 Å². The molecule has 1 atom stereocenters. The van der Waals surface area contributed by atoms with Crippen LogP contribution < -0.4 is 10.2 Å². The van der Waals surface area contributed by atoms with Crippen molar-refractivity contribution < 1.29 is 18.8 Å². The first-order chi connectivity index (χ1) is 10.7. The highest BCUT2D eigenvalue weighted by Gasteiger charge is 2.20. The summed E-state index contributed by atoms with van der Waals surface area (Å²) in [5.41, 5.74) is 0. The van der Waals surface area contributed by atoms with E-state index in [1.165, 1.54) is 49.0 Å². The first kappa shape index (κ1) is 17.2. The summed E-state index contributed by atoms with van der Waals surface area (Å²) in [4.78, 5) is 13.4. The molecular formula is C14H25N4O3S+. The molecule has 2 rings (SSSR count). The molecule has 1 aliphatic heterocycles. The molecule has 0 unspecified atom stereocenters. The Balaban J connectivity index is 1.76. The van der Waals surface area contributed by atoms with E-state index in [2.05, 4.69) is 15.5 Å². The Kier molecular flexibility index (Phi) is 7.14. The molecule has 22 heavy (non-hydrogen) atoms. The third-order valence-corrected chi connectivity index (χ3v) is 4.60. The number of rotatable bonds is 8. The Morgan fingerprint density at radius 3 is 2.91 bits per heavy atom. The number of likely N-dealkylation sites (tertiary alicyclic amines) is 1. The van der Waals surface area contributed by atoms with Gasteiger partial charge in [0.2, 0.25) is 5.91 Å². The number of piperidine rings is 1. The molecule has 0 aliphatic carbocycles. The number of thioether (sulfide) groups is 1. The summed E-state index contributed by atoms with van der Waals surface area (Å²) >= 11 is 1.29. The molecule has 7 nitrogen and oxygen atoms in total. The van der Waals surface area contributed by atoms with Crippen LogP contribution in [0, 0.1) is 0 Å². The summed E-state index contributed by atoms with van der Waals surface area (Å²) in [5.74, 6) is 0.606. The average molecular weight is 329 g/mol. The molecular weight excluding hydrogens is 304 g/mol. The molecule has 2 heterocycles. The number of carbonyl (C=O) groups is 1. The van der Waals surface area contributed by atoms with Gasteiger partial charge in [-0.3, -0.25) is 4.79 Å². The first-order valence-corrected chi connectivity index (χ1v) is 8.66. The lowest BCUT2D eigenvalue weighted by atomic mass is 10.1. The van der Waals surface area contributed by atoms with Crippen LogP contribution in [0.25, 0.3) is 0 Å². The summed E-state index contributed by atoms with van der Waals surface area (Å²) in [6.07, 6.45) is 3.86. The standard InChI is InChI=1S/C14H24N4O3S/c1-11(13(19)15-6-9-20-2)22-14-17-16-12(21-14)10-18-7-4-3-5-8-18/h11H,3-10H2,1-2H3,(H,15,19)/p+1/t11-/m0/s1. The van der Waals surface area contributed by atoms with Crippen LogP contribution in [0.2, 0.25) is 0 Å². The van der Waals surface area contributed by atoms with Gasteiger partial charge in [-0.1, -0.05) is 11.8 Å². The summed E-state index contributed by atoms with van der Waals surface area (Å²) < 4.78 is 10.5. The molecule has 124 valence electrons. The number of nitrogens with one attached hydrogen (secondary N) is 2. The Bertz CT molecular complexity index is 463. The molecule has 8 heteroatoms. The van der Waals surface area contributed by atoms with E-state index < -0.39 is 0 Å². The lowest BCUT2D eigenvalue weighted by molar-refractivity contribution is -0.919. The van der Waals surface area contributed by atoms with Crippen LogP contribution in [-0.2, 0) is 16.1 Å². The van der Waals surface area contributed by atoms with E-state index in [-0.39, 0.29) is 11.2 Å². The molecule has 2 N–H and O–H groups in total. The van der Waals surface area contributed by atoms with Crippen molar-refractivity contribution in [1.82, 2.24) is 15.5 Å². The quantitative estimate of drug-likeness (QED) is 0.511. The number of methoxy groups -OCH3 is 1. The first-order valence-electron chi connectivity index (χ1n) is 7.78. The average Bonchev–Trinajstić information content (AvgIpc) is 2.95. The minimum absolute atomic E-state index is 0.0524. The zero-order chi connectivity index (χ0) is 15.8. The van der Waals surface area contributed by atoms with E-state index in [1.807, 2.05) is 6.92 Å². The van der Waals surface area contributed by atoms with Crippen molar-refractivity contribution >= 4 is 17.7 Å². The molecule has 1 amide bonds. The van der Waals surface area contributed by atoms with E-state index in [9.17, 15) is 4.79 Å². The van der Waals surface area contributed by atoms with Gasteiger partial charge in [-0.05, 0) is 26.2 Å². The lowest BCUT2D eigenvalue weighted by Gasteiger charge is -2.21. The van der Waals surface area contributed by atoms with Crippen LogP contribution in [-0.4, -0.2) is 54.7 Å². The van der Waals surface area contributed by atoms with E-state index in [1.54, 1.807) is 7.11 Å². The Labute approximate surface area is 135 Å². The lowest BCUT2D eigenvalue weighted by Crippen LogP contribution is -3.11. The molecule has 0 aromatic carbocycles. The van der Waals surface area contributed by atoms with Crippen molar-refractivity contribution in [2.24, 2.45) is 0 Å². The molecule has 0 spiro atoms. The van der Waals surface area contributed by atoms with Crippen molar-refractivity contribution in [1.29, 1.82) is 0 Å². The van der Waals surface area contributed by atoms with Gasteiger partial charge in [-0.2, -0.15) is 0 Å². The summed E-state index contributed by atoms with van der Waals surface area (Å²) in [6, 6.07) is 0. The van der Waals surface area contributed by atoms with Crippen LogP contribution >= 0.6 is 11.8 Å². The second-order valence-corrected chi connectivity index (χ2v) is 6.79. The summed E-state index contributed by atoms with van der Waals surface area (Å²) in [5, 5.41) is 11.1. The van der Waals surface area contributed by atoms with Gasteiger partial charge in [0.15, 0.2) is 6.54 Å². The summed E-state index contributed by atoms with van der Waals surface area (Å²) in [6.45, 7) is 5.96. The van der Waals surface area contributed by atoms with Gasteiger partial charge in [0, 0.05) is 13.7 Å². The molecule has 0 saturated carbocycles. The zero-order valence-corrected chi connectivity index (χ0v) is 14.1. The van der Waals surface area contributed by atoms with Crippen LogP contribution in [0.3, 0.4) is 0 Å². The molecule has 0 bridgehead atoms. The predicted octanol–water partition coefficient (Wildman–Crippen LogP) is -0.118. The number of hydrogen-bond donors (Lipinski definition) is 2. The Morgan fingerprint density at radius 1 is 1.41 bits per heavy atom. The maximum atomic E-state index is 11.9. The number of nitrogens with zero attached hydrogens (tertiary/aromatic N) is 2. The van der Waals surface area contributed by atoms with Crippen LogP contribution in [0.4, 0.5) is 0 Å². The fourth-order valence-corrected chi connectivity index (χ4v) is 3.15. The third kappa shape index (κ3) is 5.58. The SMILES string of the molecule is COCCNC(=O)[C@H](C)Sc1nnc(C[NH+]2CCCCC2)o1. The monoisotopic (exact) mass is 329 g/mol. The molecule has 1 fully saturated rings. The van der Waals surface area contributed by atoms with Crippen molar-refractivity contribution in [3.05, 3.63) is 5.89 Å². The van der Waals surface area contributed by atoms with Gasteiger partial charge in [0.1, 0.15) is 0 Å². The van der Waals surface area contributed by atoms with Gasteiger partial charge < -0.3 is 19.4 Å². The number of quaternary nitrogens is 1. The van der Waals surface area contributed by atoms with Gasteiger partial charge in [0.05, 0.1) is 24.9 Å². The highest BCUT2D eigenvalue weighted by molar-refractivity contribution is 8.00. The molecule has 0 radical (unpaired) electrons. The van der Waals surface area contributed by atoms with Gasteiger partial charge >= 0.3 is 0 Å². The number of hydrogen-bond acceptors (Lipinski definition) is 6. The fraction of sp³-hybridized carbons (Fsp3) is 0.786. The molecule has 1 aliphatic rings. The van der Waals surface area contributed by atoms with Crippen molar-refractivity contribution in [3.63, 3.8) is 0 Å². The number of amides is 1. The maximum absolute atomic E-state index is 11.9. The van der Waals surface area contributed by atoms with Gasteiger partial charge in [-0.15, -0.1) is 10.2 Å². The third-order valence-electron chi connectivity index (χ3n) is 3.66. The summed E-state index contributed by atoms with van der Waals surface area (Å²) in [7, 11) is 1.61. The normalized spacial score (nSPS) is 17.4. The second-order valence-electron chi connectivity index (χ2n) is 5.49. The Hall–Kier alpha value is -1.12. The minimum Gasteiger partial charge on any atom is -0.410 e. The largest absolute Gasteiger partial charge is 0.410 e. The Morgan fingerprint density at radius 2 is 2.18 bits per heavy atom. The highest BCUT2D eigenvalue weighted by atomic mass is 32.2. The van der Waals surface area contributed by atoms with Crippen LogP contribution in [0.15, 0.2) is 9.64 Å². The predicted molar refractivity (Wildman–Crippen MR) is 82.8 cm³/mol. The van der Waals surface area contributed by atoms with Gasteiger partial charge in [-0.25, -0.2) is 0 Å². The van der Waals surface area contributed by atoms with Crippen molar-refractivity contribution in [2.75, 3.05) is 33.4 Å². The number of ether oxygens (including phenoxy) is 1. The topological polar surface area (TPSA) is 81.7 Å². The highest BCUT2D eigenvalue weighted by Crippen LogP contribution is 2.21. The van der Waals surface area contributed by atoms with E-state index >= 15 is 0 Å². The van der Waals surface area contributed by atoms with Gasteiger partial charge in [0.25, 0.3) is 11.1 Å². The van der Waals surface area contributed by atoms with Crippen LogP contribution in [0.5, 0.6) is 0 Å². The molecule has 1 saturated heterocycles. The van der Waals surface area contributed by atoms with E-state index in [0.29, 0.717) is 24.3 Å². The zero-order valence-electron chi connectivity index (χ0n) is 13.3. The second kappa shape index (κ2) is 9.12. The van der Waals surface area contributed by atoms with Crippen LogP contribution in [0.1, 0.15) is 32.1 Å².